The lowest BCUT2D eigenvalue weighted by Gasteiger charge is -2.54. The van der Waals surface area contributed by atoms with Crippen LogP contribution in [0.25, 0.3) is 0 Å². The highest BCUT2D eigenvalue weighted by atomic mass is 16.3. The second kappa shape index (κ2) is 8.68. The Balaban J connectivity index is 1.44. The van der Waals surface area contributed by atoms with Crippen LogP contribution in [-0.4, -0.2) is 11.2 Å². The molecule has 0 aliphatic heterocycles. The maximum absolute atomic E-state index is 10.1. The van der Waals surface area contributed by atoms with E-state index in [2.05, 4.69) is 40.7 Å². The first-order chi connectivity index (χ1) is 13.8. The molecular formula is C28H48O. The second-order valence-corrected chi connectivity index (χ2v) is 12.2. The summed E-state index contributed by atoms with van der Waals surface area (Å²) in [4.78, 5) is 0. The van der Waals surface area contributed by atoms with E-state index in [1.54, 1.807) is 5.57 Å². The average molecular weight is 401 g/mol. The fourth-order valence-electron chi connectivity index (χ4n) is 8.91. The smallest absolute Gasteiger partial charge is 0.0577 e. The maximum atomic E-state index is 10.1. The molecule has 29 heavy (non-hydrogen) atoms. The Labute approximate surface area is 181 Å². The molecule has 0 aromatic rings. The molecule has 4 rings (SSSR count). The molecule has 166 valence electrons. The van der Waals surface area contributed by atoms with E-state index in [1.165, 1.54) is 57.8 Å². The molecule has 3 saturated carbocycles. The molecule has 1 N–H and O–H groups in total. The summed E-state index contributed by atoms with van der Waals surface area (Å²) in [6.07, 6.45) is 17.3. The summed E-state index contributed by atoms with van der Waals surface area (Å²) < 4.78 is 0. The van der Waals surface area contributed by atoms with Gasteiger partial charge in [0.25, 0.3) is 0 Å². The highest BCUT2D eigenvalue weighted by molar-refractivity contribution is 5.20. The van der Waals surface area contributed by atoms with Gasteiger partial charge in [-0.1, -0.05) is 59.1 Å². The predicted molar refractivity (Wildman–Crippen MR) is 124 cm³/mol. The van der Waals surface area contributed by atoms with E-state index in [4.69, 9.17) is 0 Å². The van der Waals surface area contributed by atoms with Crippen LogP contribution in [0.4, 0.5) is 0 Å². The minimum Gasteiger partial charge on any atom is -0.393 e. The van der Waals surface area contributed by atoms with E-state index < -0.39 is 0 Å². The van der Waals surface area contributed by atoms with Crippen LogP contribution in [0.15, 0.2) is 11.6 Å². The van der Waals surface area contributed by atoms with Crippen molar-refractivity contribution in [3.63, 3.8) is 0 Å². The second-order valence-electron chi connectivity index (χ2n) is 12.2. The fraction of sp³-hybridized carbons (Fsp3) is 0.929. The largest absolute Gasteiger partial charge is 0.393 e. The Kier molecular flexibility index (Phi) is 6.56. The topological polar surface area (TPSA) is 20.2 Å². The molecule has 4 aliphatic carbocycles. The summed E-state index contributed by atoms with van der Waals surface area (Å²) >= 11 is 0. The molecule has 0 radical (unpaired) electrons. The zero-order valence-electron chi connectivity index (χ0n) is 20.0. The number of hydrogen-bond donors (Lipinski definition) is 1. The molecule has 0 amide bonds. The molecule has 0 saturated heterocycles. The Morgan fingerprint density at radius 3 is 2.55 bits per heavy atom. The minimum absolute atomic E-state index is 0.0580. The molecule has 0 aromatic heterocycles. The molecular weight excluding hydrogens is 352 g/mol. The highest BCUT2D eigenvalue weighted by Gasteiger charge is 2.56. The number of hydrogen-bond acceptors (Lipinski definition) is 1. The Morgan fingerprint density at radius 1 is 1.03 bits per heavy atom. The summed E-state index contributed by atoms with van der Waals surface area (Å²) in [5.41, 5.74) is 2.23. The Hall–Kier alpha value is -0.300. The molecule has 1 nitrogen and oxygen atoms in total. The number of aliphatic hydroxyl groups is 1. The van der Waals surface area contributed by atoms with Crippen LogP contribution < -0.4 is 0 Å². The van der Waals surface area contributed by atoms with Gasteiger partial charge in [-0.3, -0.25) is 0 Å². The average Bonchev–Trinajstić information content (AvgIpc) is 3.05. The Bertz CT molecular complexity index is 591. The molecule has 3 fully saturated rings. The van der Waals surface area contributed by atoms with Crippen molar-refractivity contribution in [2.45, 2.75) is 111 Å². The van der Waals surface area contributed by atoms with Crippen molar-refractivity contribution in [2.75, 3.05) is 0 Å². The van der Waals surface area contributed by atoms with Crippen LogP contribution in [0.2, 0.25) is 0 Å². The monoisotopic (exact) mass is 400 g/mol. The van der Waals surface area contributed by atoms with Gasteiger partial charge in [0.15, 0.2) is 0 Å². The van der Waals surface area contributed by atoms with E-state index in [0.29, 0.717) is 5.41 Å². The summed E-state index contributed by atoms with van der Waals surface area (Å²) in [6, 6.07) is 0. The molecule has 0 aromatic carbocycles. The maximum Gasteiger partial charge on any atom is 0.0577 e. The standard InChI is InChI=1S/C28H48O/c1-6-20(18(2)3)8-7-19(4)26-13-14-27-25-11-9-21-17-22(29)10-12-23(21)24(25)15-16-28(26,27)5/h9,18-20,22-27,29H,6-8,10-17H2,1-5H3. The van der Waals surface area contributed by atoms with Crippen molar-refractivity contribution in [3.05, 3.63) is 11.6 Å². The molecule has 9 unspecified atom stereocenters. The number of aliphatic hydroxyl groups excluding tert-OH is 1. The van der Waals surface area contributed by atoms with Crippen LogP contribution in [0, 0.1) is 52.8 Å². The van der Waals surface area contributed by atoms with E-state index >= 15 is 0 Å². The van der Waals surface area contributed by atoms with Crippen LogP contribution in [0.3, 0.4) is 0 Å². The van der Waals surface area contributed by atoms with Gasteiger partial charge in [0.2, 0.25) is 0 Å². The molecule has 9 atom stereocenters. The number of allylic oxidation sites excluding steroid dienone is 1. The third-order valence-corrected chi connectivity index (χ3v) is 10.6. The van der Waals surface area contributed by atoms with Gasteiger partial charge in [0.05, 0.1) is 6.10 Å². The lowest BCUT2D eigenvalue weighted by atomic mass is 9.51. The van der Waals surface area contributed by atoms with Crippen LogP contribution in [0.1, 0.15) is 105 Å². The van der Waals surface area contributed by atoms with Crippen molar-refractivity contribution >= 4 is 0 Å². The molecule has 1 heteroatoms. The van der Waals surface area contributed by atoms with Gasteiger partial charge in [-0.25, -0.2) is 0 Å². The fourth-order valence-corrected chi connectivity index (χ4v) is 8.91. The van der Waals surface area contributed by atoms with Gasteiger partial charge in [-0.15, -0.1) is 0 Å². The quantitative estimate of drug-likeness (QED) is 0.454. The van der Waals surface area contributed by atoms with Crippen LogP contribution in [-0.2, 0) is 0 Å². The van der Waals surface area contributed by atoms with Crippen LogP contribution in [0.5, 0.6) is 0 Å². The van der Waals surface area contributed by atoms with Gasteiger partial charge in [-0.2, -0.15) is 0 Å². The third kappa shape index (κ3) is 3.99. The lowest BCUT2D eigenvalue weighted by molar-refractivity contribution is -0.0298. The number of fused-ring (bicyclic) bond motifs is 5. The predicted octanol–water partition coefficient (Wildman–Crippen LogP) is 7.63. The minimum atomic E-state index is -0.0580. The van der Waals surface area contributed by atoms with Gasteiger partial charge < -0.3 is 5.11 Å². The van der Waals surface area contributed by atoms with Crippen molar-refractivity contribution in [1.29, 1.82) is 0 Å². The third-order valence-electron chi connectivity index (χ3n) is 10.6. The lowest BCUT2D eigenvalue weighted by Crippen LogP contribution is -2.47. The zero-order valence-corrected chi connectivity index (χ0v) is 20.0. The van der Waals surface area contributed by atoms with Crippen molar-refractivity contribution in [3.8, 4) is 0 Å². The van der Waals surface area contributed by atoms with Gasteiger partial charge in [-0.05, 0) is 111 Å². The molecule has 0 heterocycles. The van der Waals surface area contributed by atoms with Crippen LogP contribution >= 0.6 is 0 Å². The molecule has 0 spiro atoms. The van der Waals surface area contributed by atoms with Crippen molar-refractivity contribution in [1.82, 2.24) is 0 Å². The SMILES string of the molecule is CCC(CCC(C)C1CCC2C3CC=C4CC(O)CCC4C3CCC12C)C(C)C. The summed E-state index contributed by atoms with van der Waals surface area (Å²) in [7, 11) is 0. The first-order valence-electron chi connectivity index (χ1n) is 13.2. The Morgan fingerprint density at radius 2 is 1.83 bits per heavy atom. The van der Waals surface area contributed by atoms with E-state index in [-0.39, 0.29) is 6.10 Å². The summed E-state index contributed by atoms with van der Waals surface area (Å²) in [5.74, 6) is 7.26. The molecule has 0 bridgehead atoms. The van der Waals surface area contributed by atoms with E-state index in [1.807, 2.05) is 0 Å². The summed E-state index contributed by atoms with van der Waals surface area (Å²) in [5, 5.41) is 10.1. The van der Waals surface area contributed by atoms with Crippen molar-refractivity contribution in [2.24, 2.45) is 52.8 Å². The highest BCUT2D eigenvalue weighted by Crippen LogP contribution is 2.64. The molecule has 4 aliphatic rings. The first-order valence-corrected chi connectivity index (χ1v) is 13.2. The summed E-state index contributed by atoms with van der Waals surface area (Å²) in [6.45, 7) is 12.5. The normalized spacial score (nSPS) is 43.9. The van der Waals surface area contributed by atoms with E-state index in [0.717, 1.165) is 60.2 Å². The van der Waals surface area contributed by atoms with Crippen molar-refractivity contribution < 1.29 is 5.11 Å². The first kappa shape index (κ1) is 21.9. The van der Waals surface area contributed by atoms with Gasteiger partial charge in [0.1, 0.15) is 0 Å². The van der Waals surface area contributed by atoms with Gasteiger partial charge in [0, 0.05) is 0 Å². The van der Waals surface area contributed by atoms with Gasteiger partial charge >= 0.3 is 0 Å². The zero-order chi connectivity index (χ0) is 20.8. The van der Waals surface area contributed by atoms with E-state index in [9.17, 15) is 5.11 Å². The number of rotatable bonds is 6.